The number of pyridine rings is 1. The highest BCUT2D eigenvalue weighted by atomic mass is 15.3. The smallest absolute Gasteiger partial charge is 0.0810 e. The molecule has 2 aliphatic rings. The van der Waals surface area contributed by atoms with Crippen LogP contribution in [0.4, 0.5) is 5.69 Å². The van der Waals surface area contributed by atoms with Gasteiger partial charge in [-0.15, -0.1) is 0 Å². The van der Waals surface area contributed by atoms with Crippen LogP contribution in [-0.2, 0) is 0 Å². The van der Waals surface area contributed by atoms with Crippen LogP contribution in [0.25, 0.3) is 5.70 Å². The number of aromatic nitrogens is 1. The van der Waals surface area contributed by atoms with Crippen molar-refractivity contribution in [3.8, 4) is 0 Å². The molecule has 0 saturated carbocycles. The third kappa shape index (κ3) is 2.23. The normalized spacial score (nSPS) is 20.5. The lowest BCUT2D eigenvalue weighted by molar-refractivity contribution is 0.678. The zero-order valence-electron chi connectivity index (χ0n) is 14.2. The molecule has 0 amide bonds. The zero-order chi connectivity index (χ0) is 17.5. The fourth-order valence-electron chi connectivity index (χ4n) is 3.89. The molecular weight excluding hydrogens is 320 g/mol. The molecule has 3 heterocycles. The summed E-state index contributed by atoms with van der Waals surface area (Å²) >= 11 is 0. The van der Waals surface area contributed by atoms with Crippen molar-refractivity contribution in [2.75, 3.05) is 5.32 Å². The highest BCUT2D eigenvalue weighted by molar-refractivity contribution is 6.15. The minimum Gasteiger partial charge on any atom is -0.375 e. The van der Waals surface area contributed by atoms with Crippen molar-refractivity contribution in [2.45, 2.75) is 12.0 Å². The van der Waals surface area contributed by atoms with E-state index in [2.05, 4.69) is 70.8 Å². The molecule has 0 spiro atoms. The average Bonchev–Trinajstić information content (AvgIpc) is 2.71. The zero-order valence-corrected chi connectivity index (χ0v) is 14.2. The largest absolute Gasteiger partial charge is 0.375 e. The van der Waals surface area contributed by atoms with E-state index in [0.29, 0.717) is 0 Å². The lowest BCUT2D eigenvalue weighted by Crippen LogP contribution is -2.36. The van der Waals surface area contributed by atoms with Gasteiger partial charge in [0.1, 0.15) is 0 Å². The fourth-order valence-corrected chi connectivity index (χ4v) is 3.89. The number of hydrazone groups is 1. The molecule has 0 saturated heterocycles. The predicted molar refractivity (Wildman–Crippen MR) is 105 cm³/mol. The number of nitrogens with one attached hydrogen (secondary N) is 2. The SMILES string of the molecule is C=C1NN=C2c3c(cccc31)NC(c1ccccn1)C2c1ccccc1. The van der Waals surface area contributed by atoms with Crippen molar-refractivity contribution >= 4 is 17.1 Å². The van der Waals surface area contributed by atoms with Gasteiger partial charge in [-0.25, -0.2) is 0 Å². The van der Waals surface area contributed by atoms with E-state index in [1.807, 2.05) is 24.4 Å². The molecule has 2 unspecified atom stereocenters. The van der Waals surface area contributed by atoms with Crippen LogP contribution in [0.3, 0.4) is 0 Å². The minimum absolute atomic E-state index is 0.00765. The second-order valence-electron chi connectivity index (χ2n) is 6.58. The Morgan fingerprint density at radius 3 is 2.54 bits per heavy atom. The standard InChI is InChI=1S/C22H18N4/c1-14-16-10-7-12-17-20(16)22(26-25-14)19(15-8-3-2-4-9-15)21(24-17)18-11-5-6-13-23-18/h2-13,19,21,24-25H,1H2. The molecule has 126 valence electrons. The van der Waals surface area contributed by atoms with E-state index in [9.17, 15) is 0 Å². The third-order valence-electron chi connectivity index (χ3n) is 5.06. The van der Waals surface area contributed by atoms with E-state index >= 15 is 0 Å². The number of hydrogen-bond acceptors (Lipinski definition) is 4. The molecule has 0 bridgehead atoms. The lowest BCUT2D eigenvalue weighted by Gasteiger charge is -2.38. The summed E-state index contributed by atoms with van der Waals surface area (Å²) in [6.45, 7) is 4.11. The van der Waals surface area contributed by atoms with Gasteiger partial charge in [-0.1, -0.05) is 55.1 Å². The van der Waals surface area contributed by atoms with Crippen LogP contribution in [0.1, 0.15) is 34.3 Å². The topological polar surface area (TPSA) is 49.3 Å². The Bertz CT molecular complexity index is 1010. The predicted octanol–water partition coefficient (Wildman–Crippen LogP) is 4.31. The Balaban J connectivity index is 1.75. The van der Waals surface area contributed by atoms with Crippen LogP contribution in [-0.4, -0.2) is 10.7 Å². The average molecular weight is 338 g/mol. The first kappa shape index (κ1) is 14.9. The highest BCUT2D eigenvalue weighted by Crippen LogP contribution is 2.45. The van der Waals surface area contributed by atoms with E-state index < -0.39 is 0 Å². The van der Waals surface area contributed by atoms with Crippen LogP contribution in [0, 0.1) is 0 Å². The summed E-state index contributed by atoms with van der Waals surface area (Å²) in [6, 6.07) is 22.8. The summed E-state index contributed by atoms with van der Waals surface area (Å²) in [5.41, 5.74) is 10.5. The van der Waals surface area contributed by atoms with Crippen molar-refractivity contribution in [2.24, 2.45) is 5.10 Å². The third-order valence-corrected chi connectivity index (χ3v) is 5.06. The van der Waals surface area contributed by atoms with Crippen LogP contribution in [0.15, 0.2) is 84.6 Å². The van der Waals surface area contributed by atoms with Crippen molar-refractivity contribution in [3.63, 3.8) is 0 Å². The molecule has 2 N–H and O–H groups in total. The second kappa shape index (κ2) is 5.85. The maximum absolute atomic E-state index is 4.72. The summed E-state index contributed by atoms with van der Waals surface area (Å²) in [7, 11) is 0. The number of nitrogens with zero attached hydrogens (tertiary/aromatic N) is 2. The van der Waals surface area contributed by atoms with Gasteiger partial charge < -0.3 is 5.32 Å². The molecular formula is C22H18N4. The molecule has 4 heteroatoms. The summed E-state index contributed by atoms with van der Waals surface area (Å²) in [6.07, 6.45) is 1.84. The lowest BCUT2D eigenvalue weighted by atomic mass is 9.77. The molecule has 0 aliphatic carbocycles. The van der Waals surface area contributed by atoms with Crippen molar-refractivity contribution in [1.82, 2.24) is 10.4 Å². The maximum Gasteiger partial charge on any atom is 0.0810 e. The van der Waals surface area contributed by atoms with E-state index in [1.54, 1.807) is 0 Å². The van der Waals surface area contributed by atoms with E-state index in [1.165, 1.54) is 5.56 Å². The van der Waals surface area contributed by atoms with Gasteiger partial charge in [-0.3, -0.25) is 10.4 Å². The fraction of sp³-hybridized carbons (Fsp3) is 0.0909. The van der Waals surface area contributed by atoms with Crippen LogP contribution in [0.5, 0.6) is 0 Å². The molecule has 5 rings (SSSR count). The molecule has 0 fully saturated rings. The molecule has 0 radical (unpaired) electrons. The van der Waals surface area contributed by atoms with E-state index in [-0.39, 0.29) is 12.0 Å². The van der Waals surface area contributed by atoms with Gasteiger partial charge in [-0.05, 0) is 23.8 Å². The van der Waals surface area contributed by atoms with Gasteiger partial charge in [-0.2, -0.15) is 5.10 Å². The van der Waals surface area contributed by atoms with Crippen molar-refractivity contribution in [1.29, 1.82) is 0 Å². The molecule has 1 aromatic heterocycles. The molecule has 4 nitrogen and oxygen atoms in total. The van der Waals surface area contributed by atoms with Gasteiger partial charge >= 0.3 is 0 Å². The Morgan fingerprint density at radius 1 is 0.885 bits per heavy atom. The first-order chi connectivity index (χ1) is 12.8. The Morgan fingerprint density at radius 2 is 1.73 bits per heavy atom. The first-order valence-corrected chi connectivity index (χ1v) is 8.71. The van der Waals surface area contributed by atoms with Crippen molar-refractivity contribution in [3.05, 3.63) is 102 Å². The van der Waals surface area contributed by atoms with Gasteiger partial charge in [0.15, 0.2) is 0 Å². The first-order valence-electron chi connectivity index (χ1n) is 8.71. The van der Waals surface area contributed by atoms with E-state index in [4.69, 9.17) is 5.10 Å². The molecule has 2 aliphatic heterocycles. The number of hydrogen-bond donors (Lipinski definition) is 2. The van der Waals surface area contributed by atoms with Gasteiger partial charge in [0.25, 0.3) is 0 Å². The van der Waals surface area contributed by atoms with Gasteiger partial charge in [0.2, 0.25) is 0 Å². The van der Waals surface area contributed by atoms with E-state index in [0.717, 1.165) is 33.9 Å². The van der Waals surface area contributed by atoms with Crippen molar-refractivity contribution < 1.29 is 0 Å². The number of anilines is 1. The Hall–Kier alpha value is -3.40. The summed E-state index contributed by atoms with van der Waals surface area (Å²) in [5.74, 6) is 0.0559. The molecule has 2 aromatic carbocycles. The van der Waals surface area contributed by atoms with Crippen LogP contribution in [0.2, 0.25) is 0 Å². The summed E-state index contributed by atoms with van der Waals surface area (Å²) in [4.78, 5) is 4.62. The summed E-state index contributed by atoms with van der Waals surface area (Å²) in [5, 5.41) is 8.42. The molecule has 26 heavy (non-hydrogen) atoms. The van der Waals surface area contributed by atoms with Gasteiger partial charge in [0, 0.05) is 23.0 Å². The molecule has 3 aromatic rings. The number of rotatable bonds is 2. The number of benzene rings is 2. The monoisotopic (exact) mass is 338 g/mol. The Labute approximate surface area is 152 Å². The highest BCUT2D eigenvalue weighted by Gasteiger charge is 2.39. The second-order valence-corrected chi connectivity index (χ2v) is 6.58. The minimum atomic E-state index is 0.00765. The van der Waals surface area contributed by atoms with Gasteiger partial charge in [0.05, 0.1) is 29.1 Å². The van der Waals surface area contributed by atoms with Crippen LogP contribution >= 0.6 is 0 Å². The quantitative estimate of drug-likeness (QED) is 0.732. The Kier molecular flexibility index (Phi) is 3.35. The molecule has 2 atom stereocenters. The maximum atomic E-state index is 4.72. The van der Waals surface area contributed by atoms with Crippen LogP contribution < -0.4 is 10.7 Å². The summed E-state index contributed by atoms with van der Waals surface area (Å²) < 4.78 is 0.